The first-order valence-electron chi connectivity index (χ1n) is 5.17. The van der Waals surface area contributed by atoms with Crippen LogP contribution in [-0.4, -0.2) is 15.0 Å². The molecule has 100 valence electrons. The maximum absolute atomic E-state index is 12.6. The highest BCUT2D eigenvalue weighted by atomic mass is 19.4. The number of rotatable bonds is 2. The number of aromatic nitrogens is 3. The van der Waals surface area contributed by atoms with Crippen molar-refractivity contribution in [2.45, 2.75) is 13.1 Å². The van der Waals surface area contributed by atoms with Crippen LogP contribution in [0.5, 0.6) is 11.6 Å². The minimum Gasteiger partial charge on any atom is -0.437 e. The smallest absolute Gasteiger partial charge is 0.433 e. The van der Waals surface area contributed by atoms with Gasteiger partial charge in [-0.3, -0.25) is 4.98 Å². The fourth-order valence-electron chi connectivity index (χ4n) is 1.33. The Balaban J connectivity index is 2.36. The number of nitrogens with two attached hydrogens (primary N) is 1. The Morgan fingerprint density at radius 2 is 2.00 bits per heavy atom. The standard InChI is InChI=1S/C11H9F3N4O/c1-6-7(3-2-4-16-6)19-9-5-8(11(12,13)14)17-10(15)18-9/h2-5H,1H3,(H2,15,17,18). The van der Waals surface area contributed by atoms with Gasteiger partial charge in [0.1, 0.15) is 0 Å². The number of nitrogens with zero attached hydrogens (tertiary/aromatic N) is 3. The average molecular weight is 270 g/mol. The third-order valence-corrected chi connectivity index (χ3v) is 2.18. The molecule has 19 heavy (non-hydrogen) atoms. The van der Waals surface area contributed by atoms with Crippen molar-refractivity contribution in [1.82, 2.24) is 15.0 Å². The van der Waals surface area contributed by atoms with Gasteiger partial charge in [0.15, 0.2) is 11.4 Å². The lowest BCUT2D eigenvalue weighted by atomic mass is 10.3. The van der Waals surface area contributed by atoms with Crippen molar-refractivity contribution < 1.29 is 17.9 Å². The molecule has 0 aliphatic rings. The second-order valence-electron chi connectivity index (χ2n) is 3.64. The summed E-state index contributed by atoms with van der Waals surface area (Å²) in [6.07, 6.45) is -3.07. The number of hydrogen-bond donors (Lipinski definition) is 1. The quantitative estimate of drug-likeness (QED) is 0.907. The zero-order chi connectivity index (χ0) is 14.0. The number of nitrogen functional groups attached to an aromatic ring is 1. The van der Waals surface area contributed by atoms with E-state index in [0.717, 1.165) is 0 Å². The van der Waals surface area contributed by atoms with E-state index in [4.69, 9.17) is 10.5 Å². The number of aryl methyl sites for hydroxylation is 1. The van der Waals surface area contributed by atoms with E-state index in [1.807, 2.05) is 0 Å². The van der Waals surface area contributed by atoms with Crippen LogP contribution in [0.1, 0.15) is 11.4 Å². The molecule has 2 aromatic rings. The molecule has 2 heterocycles. The fraction of sp³-hybridized carbons (Fsp3) is 0.182. The summed E-state index contributed by atoms with van der Waals surface area (Å²) in [6, 6.07) is 3.84. The predicted molar refractivity (Wildman–Crippen MR) is 60.5 cm³/mol. The number of hydrogen-bond acceptors (Lipinski definition) is 5. The molecule has 0 saturated carbocycles. The summed E-state index contributed by atoms with van der Waals surface area (Å²) in [5, 5.41) is 0. The highest BCUT2D eigenvalue weighted by Gasteiger charge is 2.33. The molecule has 0 aliphatic heterocycles. The topological polar surface area (TPSA) is 73.9 Å². The van der Waals surface area contributed by atoms with Crippen molar-refractivity contribution >= 4 is 5.95 Å². The van der Waals surface area contributed by atoms with Crippen molar-refractivity contribution in [2.75, 3.05) is 5.73 Å². The van der Waals surface area contributed by atoms with Crippen molar-refractivity contribution in [3.05, 3.63) is 35.8 Å². The molecule has 0 atom stereocenters. The summed E-state index contributed by atoms with van der Waals surface area (Å²) < 4.78 is 42.9. The second-order valence-corrected chi connectivity index (χ2v) is 3.64. The largest absolute Gasteiger partial charge is 0.437 e. The number of ether oxygens (including phenoxy) is 1. The lowest BCUT2D eigenvalue weighted by Gasteiger charge is -2.10. The minimum absolute atomic E-state index is 0.282. The predicted octanol–water partition coefficient (Wildman–Crippen LogP) is 2.57. The Bertz CT molecular complexity index is 601. The first-order chi connectivity index (χ1) is 8.86. The van der Waals surface area contributed by atoms with Crippen molar-refractivity contribution in [1.29, 1.82) is 0 Å². The van der Waals surface area contributed by atoms with E-state index >= 15 is 0 Å². The summed E-state index contributed by atoms with van der Waals surface area (Å²) in [7, 11) is 0. The van der Waals surface area contributed by atoms with Gasteiger partial charge in [-0.2, -0.15) is 18.2 Å². The zero-order valence-electron chi connectivity index (χ0n) is 9.77. The van der Waals surface area contributed by atoms with Crippen LogP contribution in [0.15, 0.2) is 24.4 Å². The first kappa shape index (κ1) is 13.1. The monoisotopic (exact) mass is 270 g/mol. The third kappa shape index (κ3) is 3.09. The molecule has 5 nitrogen and oxygen atoms in total. The molecule has 2 rings (SSSR count). The normalized spacial score (nSPS) is 11.4. The van der Waals surface area contributed by atoms with Crippen LogP contribution in [0.3, 0.4) is 0 Å². The van der Waals surface area contributed by atoms with Gasteiger partial charge in [0, 0.05) is 12.3 Å². The Labute approximate surface area is 106 Å². The molecule has 0 aliphatic carbocycles. The molecule has 2 N–H and O–H groups in total. The van der Waals surface area contributed by atoms with E-state index in [1.165, 1.54) is 6.20 Å². The van der Waals surface area contributed by atoms with Crippen molar-refractivity contribution in [2.24, 2.45) is 0 Å². The molecule has 0 aromatic carbocycles. The maximum atomic E-state index is 12.6. The lowest BCUT2D eigenvalue weighted by molar-refractivity contribution is -0.141. The van der Waals surface area contributed by atoms with Gasteiger partial charge in [0.05, 0.1) is 5.69 Å². The second kappa shape index (κ2) is 4.71. The molecular weight excluding hydrogens is 261 g/mol. The number of halogens is 3. The highest BCUT2D eigenvalue weighted by molar-refractivity contribution is 5.33. The number of anilines is 1. The van der Waals surface area contributed by atoms with Crippen LogP contribution in [0.2, 0.25) is 0 Å². The maximum Gasteiger partial charge on any atom is 0.433 e. The van der Waals surface area contributed by atoms with E-state index in [9.17, 15) is 13.2 Å². The summed E-state index contributed by atoms with van der Waals surface area (Å²) in [6.45, 7) is 1.66. The molecule has 0 fully saturated rings. The Morgan fingerprint density at radius 1 is 1.26 bits per heavy atom. The van der Waals surface area contributed by atoms with Gasteiger partial charge >= 0.3 is 6.18 Å². The van der Waals surface area contributed by atoms with Crippen LogP contribution >= 0.6 is 0 Å². The van der Waals surface area contributed by atoms with E-state index in [0.29, 0.717) is 17.5 Å². The molecule has 2 aromatic heterocycles. The van der Waals surface area contributed by atoms with Crippen LogP contribution in [0.25, 0.3) is 0 Å². The van der Waals surface area contributed by atoms with Gasteiger partial charge in [-0.1, -0.05) is 0 Å². The van der Waals surface area contributed by atoms with Gasteiger partial charge in [0.2, 0.25) is 11.8 Å². The van der Waals surface area contributed by atoms with Crippen LogP contribution in [-0.2, 0) is 6.18 Å². The van der Waals surface area contributed by atoms with E-state index in [1.54, 1.807) is 19.1 Å². The minimum atomic E-state index is -4.61. The van der Waals surface area contributed by atoms with Crippen molar-refractivity contribution in [3.63, 3.8) is 0 Å². The SMILES string of the molecule is Cc1ncccc1Oc1cc(C(F)(F)F)nc(N)n1. The van der Waals surface area contributed by atoms with E-state index in [-0.39, 0.29) is 5.88 Å². The van der Waals surface area contributed by atoms with E-state index in [2.05, 4.69) is 15.0 Å². The first-order valence-corrected chi connectivity index (χ1v) is 5.17. The van der Waals surface area contributed by atoms with Gasteiger partial charge < -0.3 is 10.5 Å². The van der Waals surface area contributed by atoms with Crippen molar-refractivity contribution in [3.8, 4) is 11.6 Å². The van der Waals surface area contributed by atoms with Gasteiger partial charge in [-0.05, 0) is 19.1 Å². The van der Waals surface area contributed by atoms with Crippen LogP contribution in [0.4, 0.5) is 19.1 Å². The lowest BCUT2D eigenvalue weighted by Crippen LogP contribution is -2.11. The van der Waals surface area contributed by atoms with Gasteiger partial charge in [-0.15, -0.1) is 0 Å². The molecular formula is C11H9F3N4O. The molecule has 0 saturated heterocycles. The third-order valence-electron chi connectivity index (χ3n) is 2.18. The van der Waals surface area contributed by atoms with Gasteiger partial charge in [-0.25, -0.2) is 4.98 Å². The molecule has 0 spiro atoms. The van der Waals surface area contributed by atoms with Crippen LogP contribution in [0, 0.1) is 6.92 Å². The summed E-state index contributed by atoms with van der Waals surface area (Å²) in [5.74, 6) is -0.490. The number of pyridine rings is 1. The molecule has 0 unspecified atom stereocenters. The zero-order valence-corrected chi connectivity index (χ0v) is 9.77. The Kier molecular flexibility index (Phi) is 3.24. The Hall–Kier alpha value is -2.38. The number of alkyl halides is 3. The highest BCUT2D eigenvalue weighted by Crippen LogP contribution is 2.31. The fourth-order valence-corrected chi connectivity index (χ4v) is 1.33. The summed E-state index contributed by atoms with van der Waals surface area (Å²) in [5.41, 5.74) is 4.60. The molecule has 0 radical (unpaired) electrons. The average Bonchev–Trinajstić information content (AvgIpc) is 2.30. The summed E-state index contributed by atoms with van der Waals surface area (Å²) in [4.78, 5) is 10.7. The van der Waals surface area contributed by atoms with E-state index < -0.39 is 17.8 Å². The van der Waals surface area contributed by atoms with Crippen LogP contribution < -0.4 is 10.5 Å². The summed E-state index contributed by atoms with van der Waals surface area (Å²) >= 11 is 0. The Morgan fingerprint density at radius 3 is 2.63 bits per heavy atom. The molecule has 0 bridgehead atoms. The molecule has 8 heteroatoms. The molecule has 0 amide bonds. The van der Waals surface area contributed by atoms with Gasteiger partial charge in [0.25, 0.3) is 0 Å².